The molecule has 0 aromatic heterocycles. The van der Waals surface area contributed by atoms with Crippen molar-refractivity contribution in [2.24, 2.45) is 0 Å². The zero-order chi connectivity index (χ0) is 20.9. The van der Waals surface area contributed by atoms with Gasteiger partial charge in [0, 0.05) is 20.0 Å². The number of esters is 1. The van der Waals surface area contributed by atoms with E-state index in [4.69, 9.17) is 13.9 Å². The number of carbonyl (C=O) groups excluding carboxylic acids is 1. The summed E-state index contributed by atoms with van der Waals surface area (Å²) in [5.74, 6) is -0.113. The van der Waals surface area contributed by atoms with E-state index in [0.717, 1.165) is 6.42 Å². The SMILES string of the molecule is CO[C@@H](CO[Si](c1ccccc1)(c1ccccc1)C(C)(C)C)C[C@H]1CCC(=O)O1. The summed E-state index contributed by atoms with van der Waals surface area (Å²) in [5, 5.41) is 2.43. The minimum Gasteiger partial charge on any atom is -0.462 e. The van der Waals surface area contributed by atoms with Crippen molar-refractivity contribution in [2.45, 2.75) is 57.3 Å². The van der Waals surface area contributed by atoms with Crippen molar-refractivity contribution < 1.29 is 18.7 Å². The van der Waals surface area contributed by atoms with Crippen molar-refractivity contribution in [3.63, 3.8) is 0 Å². The normalized spacial score (nSPS) is 18.5. The minimum absolute atomic E-state index is 0.0739. The van der Waals surface area contributed by atoms with E-state index >= 15 is 0 Å². The summed E-state index contributed by atoms with van der Waals surface area (Å²) in [6.45, 7) is 7.26. The molecular formula is C24H32O4Si. The van der Waals surface area contributed by atoms with Crippen LogP contribution in [0.5, 0.6) is 0 Å². The van der Waals surface area contributed by atoms with Crippen LogP contribution in [0.2, 0.25) is 5.04 Å². The number of carbonyl (C=O) groups is 1. The van der Waals surface area contributed by atoms with Crippen LogP contribution in [0.3, 0.4) is 0 Å². The summed E-state index contributed by atoms with van der Waals surface area (Å²) in [4.78, 5) is 11.5. The topological polar surface area (TPSA) is 44.8 Å². The van der Waals surface area contributed by atoms with Crippen molar-refractivity contribution in [3.05, 3.63) is 60.7 Å². The molecule has 2 atom stereocenters. The van der Waals surface area contributed by atoms with Crippen LogP contribution in [0, 0.1) is 0 Å². The zero-order valence-corrected chi connectivity index (χ0v) is 18.9. The molecule has 0 amide bonds. The maximum atomic E-state index is 11.5. The van der Waals surface area contributed by atoms with E-state index in [1.807, 2.05) is 12.1 Å². The van der Waals surface area contributed by atoms with E-state index in [2.05, 4.69) is 69.3 Å². The second-order valence-electron chi connectivity index (χ2n) is 8.72. The van der Waals surface area contributed by atoms with Crippen molar-refractivity contribution >= 4 is 24.7 Å². The largest absolute Gasteiger partial charge is 0.462 e. The van der Waals surface area contributed by atoms with Gasteiger partial charge in [-0.15, -0.1) is 0 Å². The lowest BCUT2D eigenvalue weighted by Gasteiger charge is -2.43. The lowest BCUT2D eigenvalue weighted by Crippen LogP contribution is -2.67. The number of hydrogen-bond acceptors (Lipinski definition) is 4. The molecule has 1 saturated heterocycles. The van der Waals surface area contributed by atoms with Crippen LogP contribution in [0.15, 0.2) is 60.7 Å². The first-order valence-corrected chi connectivity index (χ1v) is 12.2. The van der Waals surface area contributed by atoms with Gasteiger partial charge in [0.15, 0.2) is 0 Å². The van der Waals surface area contributed by atoms with Crippen molar-refractivity contribution in [2.75, 3.05) is 13.7 Å². The van der Waals surface area contributed by atoms with Gasteiger partial charge in [0.1, 0.15) is 6.10 Å². The molecule has 0 spiro atoms. The van der Waals surface area contributed by atoms with Crippen molar-refractivity contribution in [1.29, 1.82) is 0 Å². The van der Waals surface area contributed by atoms with Gasteiger partial charge in [-0.1, -0.05) is 81.4 Å². The Kier molecular flexibility index (Phi) is 6.93. The van der Waals surface area contributed by atoms with E-state index in [9.17, 15) is 4.79 Å². The number of methoxy groups -OCH3 is 1. The van der Waals surface area contributed by atoms with Gasteiger partial charge in [-0.2, -0.15) is 0 Å². The quantitative estimate of drug-likeness (QED) is 0.490. The lowest BCUT2D eigenvalue weighted by atomic mass is 10.1. The van der Waals surface area contributed by atoms with Crippen molar-refractivity contribution in [3.8, 4) is 0 Å². The van der Waals surface area contributed by atoms with E-state index in [-0.39, 0.29) is 23.2 Å². The Balaban J connectivity index is 1.91. The third-order valence-corrected chi connectivity index (χ3v) is 10.7. The third kappa shape index (κ3) is 4.79. The van der Waals surface area contributed by atoms with Gasteiger partial charge < -0.3 is 13.9 Å². The van der Waals surface area contributed by atoms with E-state index in [1.54, 1.807) is 7.11 Å². The monoisotopic (exact) mass is 412 g/mol. The molecule has 0 radical (unpaired) electrons. The molecule has 5 heteroatoms. The van der Waals surface area contributed by atoms with Crippen molar-refractivity contribution in [1.82, 2.24) is 0 Å². The Hall–Kier alpha value is -1.95. The molecule has 29 heavy (non-hydrogen) atoms. The molecule has 3 rings (SSSR count). The number of hydrogen-bond donors (Lipinski definition) is 0. The fourth-order valence-corrected chi connectivity index (χ4v) is 8.84. The van der Waals surface area contributed by atoms with E-state index in [1.165, 1.54) is 10.4 Å². The van der Waals surface area contributed by atoms with Crippen LogP contribution in [0.4, 0.5) is 0 Å². The standard InChI is InChI=1S/C24H32O4Si/c1-24(2,3)29(21-11-7-5-8-12-21,22-13-9-6-10-14-22)27-18-20(26-4)17-19-15-16-23(25)28-19/h5-14,19-20H,15-18H2,1-4H3/t19-,20-/m1/s1. The van der Waals surface area contributed by atoms with Crippen LogP contribution < -0.4 is 10.4 Å². The highest BCUT2D eigenvalue weighted by atomic mass is 28.4. The van der Waals surface area contributed by atoms with Gasteiger partial charge in [0.05, 0.1) is 12.7 Å². The molecule has 1 aliphatic rings. The van der Waals surface area contributed by atoms with Crippen LogP contribution in [0.1, 0.15) is 40.0 Å². The number of ether oxygens (including phenoxy) is 2. The minimum atomic E-state index is -2.59. The Morgan fingerprint density at radius 1 is 1.03 bits per heavy atom. The molecule has 156 valence electrons. The van der Waals surface area contributed by atoms with Gasteiger partial charge in [0.2, 0.25) is 0 Å². The average Bonchev–Trinajstić information content (AvgIpc) is 3.13. The molecule has 0 bridgehead atoms. The predicted molar refractivity (Wildman–Crippen MR) is 118 cm³/mol. The first-order chi connectivity index (χ1) is 13.9. The molecule has 1 heterocycles. The second-order valence-corrected chi connectivity index (χ2v) is 13.0. The number of rotatable bonds is 8. The molecule has 4 nitrogen and oxygen atoms in total. The van der Waals surface area contributed by atoms with Gasteiger partial charge in [0.25, 0.3) is 8.32 Å². The Morgan fingerprint density at radius 2 is 1.59 bits per heavy atom. The van der Waals surface area contributed by atoms with Crippen LogP contribution in [0.25, 0.3) is 0 Å². The molecule has 1 aliphatic heterocycles. The third-order valence-electron chi connectivity index (χ3n) is 5.73. The zero-order valence-electron chi connectivity index (χ0n) is 17.9. The fourth-order valence-electron chi connectivity index (χ4n) is 4.25. The molecule has 2 aromatic rings. The maximum Gasteiger partial charge on any atom is 0.306 e. The molecule has 0 N–H and O–H groups in total. The number of benzene rings is 2. The first kappa shape index (κ1) is 21.7. The van der Waals surface area contributed by atoms with Gasteiger partial charge >= 0.3 is 5.97 Å². The molecule has 0 saturated carbocycles. The second kappa shape index (κ2) is 9.24. The van der Waals surface area contributed by atoms with Crippen LogP contribution in [-0.4, -0.2) is 40.2 Å². The Bertz CT molecular complexity index is 746. The van der Waals surface area contributed by atoms with Crippen LogP contribution in [-0.2, 0) is 18.7 Å². The highest BCUT2D eigenvalue weighted by molar-refractivity contribution is 6.99. The summed E-state index contributed by atoms with van der Waals surface area (Å²) in [7, 11) is -0.881. The van der Waals surface area contributed by atoms with E-state index < -0.39 is 8.32 Å². The van der Waals surface area contributed by atoms with Gasteiger partial charge in [-0.25, -0.2) is 0 Å². The summed E-state index contributed by atoms with van der Waals surface area (Å²) in [6.07, 6.45) is 1.73. The van der Waals surface area contributed by atoms with E-state index in [0.29, 0.717) is 19.4 Å². The highest BCUT2D eigenvalue weighted by Crippen LogP contribution is 2.37. The molecule has 1 fully saturated rings. The first-order valence-electron chi connectivity index (χ1n) is 10.3. The number of cyclic esters (lactones) is 1. The molecule has 2 aromatic carbocycles. The Labute approximate surface area is 175 Å². The Morgan fingerprint density at radius 3 is 2.00 bits per heavy atom. The lowest BCUT2D eigenvalue weighted by molar-refractivity contribution is -0.142. The summed E-state index contributed by atoms with van der Waals surface area (Å²) >= 11 is 0. The fraction of sp³-hybridized carbons (Fsp3) is 0.458. The average molecular weight is 413 g/mol. The summed E-state index contributed by atoms with van der Waals surface area (Å²) in [5.41, 5.74) is 0. The smallest absolute Gasteiger partial charge is 0.306 e. The van der Waals surface area contributed by atoms with Gasteiger partial charge in [-0.3, -0.25) is 4.79 Å². The van der Waals surface area contributed by atoms with Gasteiger partial charge in [-0.05, 0) is 21.8 Å². The molecular weight excluding hydrogens is 380 g/mol. The summed E-state index contributed by atoms with van der Waals surface area (Å²) < 4.78 is 18.1. The molecule has 0 aliphatic carbocycles. The summed E-state index contributed by atoms with van der Waals surface area (Å²) in [6, 6.07) is 21.2. The molecule has 0 unspecified atom stereocenters. The van der Waals surface area contributed by atoms with Crippen LogP contribution >= 0.6 is 0 Å². The highest BCUT2D eigenvalue weighted by Gasteiger charge is 2.50. The predicted octanol–water partition coefficient (Wildman–Crippen LogP) is 3.67. The maximum absolute atomic E-state index is 11.5.